The summed E-state index contributed by atoms with van der Waals surface area (Å²) in [5, 5.41) is 5.89. The number of carbonyl (C=O) groups is 2. The van der Waals surface area contributed by atoms with Gasteiger partial charge >= 0.3 is 0 Å². The van der Waals surface area contributed by atoms with E-state index in [-0.39, 0.29) is 23.8 Å². The van der Waals surface area contributed by atoms with Crippen molar-refractivity contribution in [2.24, 2.45) is 5.92 Å². The van der Waals surface area contributed by atoms with Gasteiger partial charge in [0, 0.05) is 18.7 Å². The standard InChI is InChI=1S/C22H28N4O2/c1-16-6-8-18(9-7-16)15-24-21(27)17(2)26-13-10-19(11-14-26)22(28)25-20-5-3-4-12-23-20/h3-9,12,17,19H,10-11,13-15H2,1-2H3,(H,24,27)(H,23,25,28). The van der Waals surface area contributed by atoms with Crippen molar-refractivity contribution in [2.75, 3.05) is 18.4 Å². The molecule has 1 saturated heterocycles. The molecule has 3 rings (SSSR count). The smallest absolute Gasteiger partial charge is 0.237 e. The fourth-order valence-electron chi connectivity index (χ4n) is 3.42. The van der Waals surface area contributed by atoms with Gasteiger partial charge in [-0.25, -0.2) is 4.98 Å². The number of likely N-dealkylation sites (tertiary alicyclic amines) is 1. The van der Waals surface area contributed by atoms with Crippen molar-refractivity contribution < 1.29 is 9.59 Å². The van der Waals surface area contributed by atoms with Crippen LogP contribution in [0.1, 0.15) is 30.9 Å². The van der Waals surface area contributed by atoms with E-state index in [4.69, 9.17) is 0 Å². The minimum Gasteiger partial charge on any atom is -0.351 e. The first-order valence-corrected chi connectivity index (χ1v) is 9.82. The first-order valence-electron chi connectivity index (χ1n) is 9.82. The molecule has 6 heteroatoms. The Morgan fingerprint density at radius 3 is 2.50 bits per heavy atom. The highest BCUT2D eigenvalue weighted by Gasteiger charge is 2.29. The van der Waals surface area contributed by atoms with Crippen molar-refractivity contribution in [3.05, 3.63) is 59.8 Å². The zero-order valence-corrected chi connectivity index (χ0v) is 16.5. The molecule has 0 spiro atoms. The predicted octanol–water partition coefficient (Wildman–Crippen LogP) is 2.75. The normalized spacial score (nSPS) is 16.4. The monoisotopic (exact) mass is 380 g/mol. The molecule has 0 bridgehead atoms. The summed E-state index contributed by atoms with van der Waals surface area (Å²) in [6.45, 7) is 5.98. The summed E-state index contributed by atoms with van der Waals surface area (Å²) in [6.07, 6.45) is 3.15. The zero-order chi connectivity index (χ0) is 19.9. The fraction of sp³-hybridized carbons (Fsp3) is 0.409. The number of nitrogens with one attached hydrogen (secondary N) is 2. The Balaban J connectivity index is 1.43. The number of aromatic nitrogens is 1. The molecular weight excluding hydrogens is 352 g/mol. The van der Waals surface area contributed by atoms with Crippen LogP contribution in [0.25, 0.3) is 0 Å². The second kappa shape index (κ2) is 9.46. The second-order valence-electron chi connectivity index (χ2n) is 7.39. The van der Waals surface area contributed by atoms with E-state index in [2.05, 4.69) is 20.5 Å². The topological polar surface area (TPSA) is 74.3 Å². The average Bonchev–Trinajstić information content (AvgIpc) is 2.73. The van der Waals surface area contributed by atoms with Gasteiger partial charge in [-0.15, -0.1) is 0 Å². The molecule has 1 fully saturated rings. The summed E-state index contributed by atoms with van der Waals surface area (Å²) < 4.78 is 0. The Bertz CT molecular complexity index is 784. The number of pyridine rings is 1. The third kappa shape index (κ3) is 5.39. The number of rotatable bonds is 6. The third-order valence-corrected chi connectivity index (χ3v) is 5.33. The van der Waals surface area contributed by atoms with E-state index >= 15 is 0 Å². The molecular formula is C22H28N4O2. The number of nitrogens with zero attached hydrogens (tertiary/aromatic N) is 2. The molecule has 6 nitrogen and oxygen atoms in total. The number of carbonyl (C=O) groups excluding carboxylic acids is 2. The number of hydrogen-bond acceptors (Lipinski definition) is 4. The largest absolute Gasteiger partial charge is 0.351 e. The molecule has 2 amide bonds. The van der Waals surface area contributed by atoms with Gasteiger partial charge in [-0.1, -0.05) is 35.9 Å². The molecule has 1 aliphatic heterocycles. The highest BCUT2D eigenvalue weighted by atomic mass is 16.2. The molecule has 0 aliphatic carbocycles. The molecule has 1 unspecified atom stereocenters. The molecule has 1 aromatic heterocycles. The second-order valence-corrected chi connectivity index (χ2v) is 7.39. The Labute approximate surface area is 166 Å². The SMILES string of the molecule is Cc1ccc(CNC(=O)C(C)N2CCC(C(=O)Nc3ccccn3)CC2)cc1. The van der Waals surface area contributed by atoms with E-state index in [1.165, 1.54) is 5.56 Å². The summed E-state index contributed by atoms with van der Waals surface area (Å²) in [4.78, 5) is 31.2. The molecule has 1 aliphatic rings. The minimum atomic E-state index is -0.203. The van der Waals surface area contributed by atoms with Gasteiger partial charge in [-0.3, -0.25) is 14.5 Å². The quantitative estimate of drug-likeness (QED) is 0.808. The van der Waals surface area contributed by atoms with Gasteiger partial charge in [0.25, 0.3) is 0 Å². The number of aryl methyl sites for hydroxylation is 1. The summed E-state index contributed by atoms with van der Waals surface area (Å²) in [5.74, 6) is 0.576. The highest BCUT2D eigenvalue weighted by molar-refractivity contribution is 5.91. The van der Waals surface area contributed by atoms with E-state index in [0.29, 0.717) is 12.4 Å². The maximum atomic E-state index is 12.5. The highest BCUT2D eigenvalue weighted by Crippen LogP contribution is 2.20. The summed E-state index contributed by atoms with van der Waals surface area (Å²) in [7, 11) is 0. The van der Waals surface area contributed by atoms with Crippen molar-refractivity contribution in [2.45, 2.75) is 39.3 Å². The Kier molecular flexibility index (Phi) is 6.76. The van der Waals surface area contributed by atoms with Gasteiger partial charge in [0.05, 0.1) is 6.04 Å². The van der Waals surface area contributed by atoms with Crippen LogP contribution in [-0.4, -0.2) is 40.8 Å². The summed E-state index contributed by atoms with van der Waals surface area (Å²) in [6, 6.07) is 13.4. The van der Waals surface area contributed by atoms with Gasteiger partial charge in [-0.2, -0.15) is 0 Å². The van der Waals surface area contributed by atoms with Crippen LogP contribution in [-0.2, 0) is 16.1 Å². The molecule has 0 saturated carbocycles. The minimum absolute atomic E-state index is 0.00910. The van der Waals surface area contributed by atoms with E-state index in [0.717, 1.165) is 31.5 Å². The van der Waals surface area contributed by atoms with Crippen LogP contribution in [0.15, 0.2) is 48.7 Å². The number of amides is 2. The molecule has 28 heavy (non-hydrogen) atoms. The number of benzene rings is 1. The van der Waals surface area contributed by atoms with Gasteiger partial charge < -0.3 is 10.6 Å². The third-order valence-electron chi connectivity index (χ3n) is 5.33. The lowest BCUT2D eigenvalue weighted by molar-refractivity contribution is -0.127. The van der Waals surface area contributed by atoms with Gasteiger partial charge in [0.15, 0.2) is 0 Å². The van der Waals surface area contributed by atoms with Crippen LogP contribution in [0.2, 0.25) is 0 Å². The maximum absolute atomic E-state index is 12.5. The lowest BCUT2D eigenvalue weighted by Crippen LogP contribution is -2.49. The number of hydrogen-bond donors (Lipinski definition) is 2. The van der Waals surface area contributed by atoms with Crippen LogP contribution < -0.4 is 10.6 Å². The molecule has 2 aromatic rings. The summed E-state index contributed by atoms with van der Waals surface area (Å²) >= 11 is 0. The van der Waals surface area contributed by atoms with E-state index in [1.807, 2.05) is 50.2 Å². The zero-order valence-electron chi connectivity index (χ0n) is 16.5. The summed E-state index contributed by atoms with van der Waals surface area (Å²) in [5.41, 5.74) is 2.30. The first-order chi connectivity index (χ1) is 13.5. The van der Waals surface area contributed by atoms with Gasteiger partial charge in [-0.05, 0) is 57.5 Å². The van der Waals surface area contributed by atoms with Crippen LogP contribution in [0.3, 0.4) is 0 Å². The molecule has 2 N–H and O–H groups in total. The Hall–Kier alpha value is -2.73. The Morgan fingerprint density at radius 1 is 1.14 bits per heavy atom. The van der Waals surface area contributed by atoms with Gasteiger partial charge in [0.1, 0.15) is 5.82 Å². The van der Waals surface area contributed by atoms with Crippen molar-refractivity contribution in [3.63, 3.8) is 0 Å². The van der Waals surface area contributed by atoms with Crippen LogP contribution in [0.5, 0.6) is 0 Å². The number of anilines is 1. The van der Waals surface area contributed by atoms with E-state index < -0.39 is 0 Å². The lowest BCUT2D eigenvalue weighted by Gasteiger charge is -2.34. The molecule has 0 radical (unpaired) electrons. The average molecular weight is 380 g/mol. The van der Waals surface area contributed by atoms with Crippen molar-refractivity contribution in [1.29, 1.82) is 0 Å². The first kappa shape index (κ1) is 20.0. The van der Waals surface area contributed by atoms with Gasteiger partial charge in [0.2, 0.25) is 11.8 Å². The van der Waals surface area contributed by atoms with Crippen molar-refractivity contribution in [3.8, 4) is 0 Å². The number of piperidine rings is 1. The molecule has 2 heterocycles. The van der Waals surface area contributed by atoms with Crippen LogP contribution in [0.4, 0.5) is 5.82 Å². The molecule has 1 aromatic carbocycles. The van der Waals surface area contributed by atoms with Crippen molar-refractivity contribution >= 4 is 17.6 Å². The fourth-order valence-corrected chi connectivity index (χ4v) is 3.42. The van der Waals surface area contributed by atoms with Crippen LogP contribution in [0, 0.1) is 12.8 Å². The lowest BCUT2D eigenvalue weighted by atomic mass is 9.95. The van der Waals surface area contributed by atoms with Crippen LogP contribution >= 0.6 is 0 Å². The maximum Gasteiger partial charge on any atom is 0.237 e. The predicted molar refractivity (Wildman–Crippen MR) is 110 cm³/mol. The molecule has 148 valence electrons. The van der Waals surface area contributed by atoms with E-state index in [1.54, 1.807) is 12.3 Å². The molecule has 1 atom stereocenters. The van der Waals surface area contributed by atoms with E-state index in [9.17, 15) is 9.59 Å². The van der Waals surface area contributed by atoms with Crippen molar-refractivity contribution in [1.82, 2.24) is 15.2 Å². The Morgan fingerprint density at radius 2 is 1.86 bits per heavy atom.